The molecule has 9 heteroatoms. The highest BCUT2D eigenvalue weighted by atomic mass is 35.5. The highest BCUT2D eigenvalue weighted by Crippen LogP contribution is 2.22. The molecule has 2 amide bonds. The summed E-state index contributed by atoms with van der Waals surface area (Å²) in [5, 5.41) is 2.81. The van der Waals surface area contributed by atoms with Gasteiger partial charge in [-0.1, -0.05) is 30.7 Å². The molecule has 0 saturated heterocycles. The zero-order valence-corrected chi connectivity index (χ0v) is 16.7. The lowest BCUT2D eigenvalue weighted by Gasteiger charge is -2.12. The van der Waals surface area contributed by atoms with E-state index in [1.807, 2.05) is 6.92 Å². The first kappa shape index (κ1) is 21.5. The van der Waals surface area contributed by atoms with Crippen LogP contribution in [0.4, 0.5) is 0 Å². The molecule has 0 aromatic heterocycles. The third-order valence-electron chi connectivity index (χ3n) is 3.33. The Labute approximate surface area is 173 Å². The SMILES string of the molecule is CCCOc1ccc(C(=O)NC(=S)NNC(=O)COc2ccccc2Cl)cc1. The third kappa shape index (κ3) is 7.05. The summed E-state index contributed by atoms with van der Waals surface area (Å²) in [4.78, 5) is 23.9. The molecule has 3 N–H and O–H groups in total. The summed E-state index contributed by atoms with van der Waals surface area (Å²) in [6.07, 6.45) is 0.900. The number of benzene rings is 2. The average Bonchev–Trinajstić information content (AvgIpc) is 2.70. The lowest BCUT2D eigenvalue weighted by atomic mass is 10.2. The Morgan fingerprint density at radius 3 is 2.43 bits per heavy atom. The van der Waals surface area contributed by atoms with Crippen LogP contribution in [0.2, 0.25) is 5.02 Å². The van der Waals surface area contributed by atoms with E-state index < -0.39 is 11.8 Å². The van der Waals surface area contributed by atoms with Gasteiger partial charge in [0, 0.05) is 5.56 Å². The standard InChI is InChI=1S/C19H20ClN3O4S/c1-2-11-26-14-9-7-13(8-10-14)18(25)21-19(28)23-22-17(24)12-27-16-6-4-3-5-15(16)20/h3-10H,2,11-12H2,1H3,(H,22,24)(H2,21,23,25,28). The van der Waals surface area contributed by atoms with Gasteiger partial charge in [0.15, 0.2) is 11.7 Å². The molecule has 148 valence electrons. The summed E-state index contributed by atoms with van der Waals surface area (Å²) >= 11 is 10.9. The van der Waals surface area contributed by atoms with E-state index in [1.54, 1.807) is 48.5 Å². The molecular formula is C19H20ClN3O4S. The molecule has 0 atom stereocenters. The van der Waals surface area contributed by atoms with Crippen molar-refractivity contribution in [3.05, 3.63) is 59.1 Å². The second-order valence-electron chi connectivity index (χ2n) is 5.55. The van der Waals surface area contributed by atoms with E-state index in [2.05, 4.69) is 16.2 Å². The predicted molar refractivity (Wildman–Crippen MR) is 111 cm³/mol. The topological polar surface area (TPSA) is 88.7 Å². The van der Waals surface area contributed by atoms with Crippen molar-refractivity contribution < 1.29 is 19.1 Å². The highest BCUT2D eigenvalue weighted by molar-refractivity contribution is 7.80. The van der Waals surface area contributed by atoms with Gasteiger partial charge < -0.3 is 9.47 Å². The molecule has 0 radical (unpaired) electrons. The Morgan fingerprint density at radius 1 is 1.04 bits per heavy atom. The molecule has 2 rings (SSSR count). The molecule has 28 heavy (non-hydrogen) atoms. The number of rotatable bonds is 7. The van der Waals surface area contributed by atoms with Crippen LogP contribution < -0.4 is 25.6 Å². The molecule has 0 aliphatic heterocycles. The molecular weight excluding hydrogens is 402 g/mol. The fraction of sp³-hybridized carbons (Fsp3) is 0.211. The molecule has 2 aromatic rings. The van der Waals surface area contributed by atoms with E-state index in [0.29, 0.717) is 28.7 Å². The first-order valence-corrected chi connectivity index (χ1v) is 9.28. The Bertz CT molecular complexity index is 830. The minimum atomic E-state index is -0.492. The molecule has 0 aliphatic rings. The second-order valence-corrected chi connectivity index (χ2v) is 6.36. The number of amides is 2. The van der Waals surface area contributed by atoms with Crippen LogP contribution in [0.1, 0.15) is 23.7 Å². The van der Waals surface area contributed by atoms with Crippen LogP contribution >= 0.6 is 23.8 Å². The number of hydrogen-bond donors (Lipinski definition) is 3. The maximum absolute atomic E-state index is 12.1. The molecule has 0 heterocycles. The van der Waals surface area contributed by atoms with E-state index in [-0.39, 0.29) is 11.7 Å². The quantitative estimate of drug-likeness (QED) is 0.470. The molecule has 0 aliphatic carbocycles. The zero-order chi connectivity index (χ0) is 20.4. The number of thiocarbonyl (C=S) groups is 1. The van der Waals surface area contributed by atoms with Gasteiger partial charge in [-0.2, -0.15) is 0 Å². The lowest BCUT2D eigenvalue weighted by molar-refractivity contribution is -0.123. The number of halogens is 1. The van der Waals surface area contributed by atoms with Gasteiger partial charge in [0.25, 0.3) is 11.8 Å². The Kier molecular flexibility index (Phi) is 8.51. The summed E-state index contributed by atoms with van der Waals surface area (Å²) < 4.78 is 10.8. The monoisotopic (exact) mass is 421 g/mol. The normalized spacial score (nSPS) is 9.93. The summed E-state index contributed by atoms with van der Waals surface area (Å²) in [5.41, 5.74) is 5.17. The van der Waals surface area contributed by atoms with Crippen molar-refractivity contribution >= 4 is 40.7 Å². The predicted octanol–water partition coefficient (Wildman–Crippen LogP) is 2.84. The number of carbonyl (C=O) groups is 2. The first-order valence-electron chi connectivity index (χ1n) is 8.50. The summed E-state index contributed by atoms with van der Waals surface area (Å²) in [5.74, 6) is 0.168. The molecule has 2 aromatic carbocycles. The number of nitrogens with one attached hydrogen (secondary N) is 3. The first-order chi connectivity index (χ1) is 13.5. The number of hydrogen-bond acceptors (Lipinski definition) is 5. The molecule has 0 bridgehead atoms. The van der Waals surface area contributed by atoms with Gasteiger partial charge in [0.2, 0.25) is 0 Å². The van der Waals surface area contributed by atoms with Crippen LogP contribution in [0, 0.1) is 0 Å². The van der Waals surface area contributed by atoms with Crippen molar-refractivity contribution in [3.63, 3.8) is 0 Å². The minimum absolute atomic E-state index is 0.0533. The Hall–Kier alpha value is -2.84. The van der Waals surface area contributed by atoms with Gasteiger partial charge >= 0.3 is 0 Å². The maximum Gasteiger partial charge on any atom is 0.276 e. The smallest absolute Gasteiger partial charge is 0.276 e. The fourth-order valence-electron chi connectivity index (χ4n) is 2.00. The van der Waals surface area contributed by atoms with Gasteiger partial charge in [-0.15, -0.1) is 0 Å². The zero-order valence-electron chi connectivity index (χ0n) is 15.2. The Balaban J connectivity index is 1.73. The highest BCUT2D eigenvalue weighted by Gasteiger charge is 2.10. The number of carbonyl (C=O) groups excluding carboxylic acids is 2. The van der Waals surface area contributed by atoms with Gasteiger partial charge in [-0.3, -0.25) is 25.8 Å². The summed E-state index contributed by atoms with van der Waals surface area (Å²) in [6, 6.07) is 13.4. The molecule has 7 nitrogen and oxygen atoms in total. The van der Waals surface area contributed by atoms with Gasteiger partial charge in [0.05, 0.1) is 11.6 Å². The Morgan fingerprint density at radius 2 is 1.75 bits per heavy atom. The third-order valence-corrected chi connectivity index (χ3v) is 3.84. The van der Waals surface area contributed by atoms with Crippen LogP contribution in [0.5, 0.6) is 11.5 Å². The van der Waals surface area contributed by atoms with Crippen molar-refractivity contribution in [2.75, 3.05) is 13.2 Å². The van der Waals surface area contributed by atoms with E-state index >= 15 is 0 Å². The van der Waals surface area contributed by atoms with Crippen LogP contribution in [-0.2, 0) is 4.79 Å². The van der Waals surface area contributed by atoms with Crippen LogP contribution in [0.15, 0.2) is 48.5 Å². The maximum atomic E-state index is 12.1. The lowest BCUT2D eigenvalue weighted by Crippen LogP contribution is -2.49. The van der Waals surface area contributed by atoms with Crippen LogP contribution in [0.3, 0.4) is 0 Å². The van der Waals surface area contributed by atoms with Gasteiger partial charge in [-0.25, -0.2) is 0 Å². The minimum Gasteiger partial charge on any atom is -0.494 e. The van der Waals surface area contributed by atoms with Gasteiger partial charge in [-0.05, 0) is 55.0 Å². The van der Waals surface area contributed by atoms with E-state index in [1.165, 1.54) is 0 Å². The second kappa shape index (κ2) is 11.1. The van der Waals surface area contributed by atoms with E-state index in [0.717, 1.165) is 6.42 Å². The van der Waals surface area contributed by atoms with Crippen molar-refractivity contribution in [1.29, 1.82) is 0 Å². The summed E-state index contributed by atoms with van der Waals surface area (Å²) in [7, 11) is 0. The van der Waals surface area contributed by atoms with Gasteiger partial charge in [0.1, 0.15) is 11.5 Å². The molecule has 0 saturated carbocycles. The molecule has 0 spiro atoms. The van der Waals surface area contributed by atoms with Crippen molar-refractivity contribution in [1.82, 2.24) is 16.2 Å². The molecule has 0 fully saturated rings. The van der Waals surface area contributed by atoms with Crippen LogP contribution in [-0.4, -0.2) is 30.1 Å². The summed E-state index contributed by atoms with van der Waals surface area (Å²) in [6.45, 7) is 2.35. The van der Waals surface area contributed by atoms with Crippen molar-refractivity contribution in [2.24, 2.45) is 0 Å². The number of para-hydroxylation sites is 1. The van der Waals surface area contributed by atoms with Crippen molar-refractivity contribution in [3.8, 4) is 11.5 Å². The van der Waals surface area contributed by atoms with E-state index in [4.69, 9.17) is 33.3 Å². The van der Waals surface area contributed by atoms with Crippen LogP contribution in [0.25, 0.3) is 0 Å². The molecule has 0 unspecified atom stereocenters. The number of ether oxygens (including phenoxy) is 2. The fourth-order valence-corrected chi connectivity index (χ4v) is 2.33. The number of hydrazine groups is 1. The van der Waals surface area contributed by atoms with E-state index in [9.17, 15) is 9.59 Å². The van der Waals surface area contributed by atoms with Crippen molar-refractivity contribution in [2.45, 2.75) is 13.3 Å². The largest absolute Gasteiger partial charge is 0.494 e. The average molecular weight is 422 g/mol.